The minimum Gasteiger partial charge on any atom is -0.337 e. The molecule has 1 aliphatic rings. The molecule has 0 radical (unpaired) electrons. The van der Waals surface area contributed by atoms with Crippen LogP contribution >= 0.6 is 11.3 Å². The summed E-state index contributed by atoms with van der Waals surface area (Å²) in [6, 6.07) is 13.1. The van der Waals surface area contributed by atoms with Gasteiger partial charge in [-0.1, -0.05) is 29.8 Å². The third kappa shape index (κ3) is 4.56. The zero-order valence-electron chi connectivity index (χ0n) is 17.3. The predicted molar refractivity (Wildman–Crippen MR) is 118 cm³/mol. The van der Waals surface area contributed by atoms with Gasteiger partial charge >= 0.3 is 0 Å². The van der Waals surface area contributed by atoms with Gasteiger partial charge in [0.2, 0.25) is 0 Å². The molecule has 1 aromatic carbocycles. The lowest BCUT2D eigenvalue weighted by molar-refractivity contribution is 0.0710. The third-order valence-electron chi connectivity index (χ3n) is 5.59. The molecule has 2 aromatic heterocycles. The lowest BCUT2D eigenvalue weighted by Gasteiger charge is -2.32. The van der Waals surface area contributed by atoms with E-state index in [-0.39, 0.29) is 11.8 Å². The molecule has 0 aliphatic carbocycles. The van der Waals surface area contributed by atoms with E-state index in [9.17, 15) is 4.79 Å². The molecule has 0 spiro atoms. The number of nitrogens with zero attached hydrogens (tertiary/aromatic N) is 3. The second kappa shape index (κ2) is 8.46. The molecule has 1 aliphatic heterocycles. The van der Waals surface area contributed by atoms with Crippen LogP contribution in [0, 0.1) is 20.8 Å². The quantitative estimate of drug-likeness (QED) is 0.608. The summed E-state index contributed by atoms with van der Waals surface area (Å²) in [4.78, 5) is 24.8. The van der Waals surface area contributed by atoms with Crippen molar-refractivity contribution in [3.63, 3.8) is 0 Å². The number of carbonyl (C=O) groups excluding carboxylic acids is 1. The van der Waals surface area contributed by atoms with Gasteiger partial charge < -0.3 is 4.90 Å². The van der Waals surface area contributed by atoms with Crippen molar-refractivity contribution in [2.75, 3.05) is 13.1 Å². The molecule has 0 N–H and O–H groups in total. The molecule has 0 unspecified atom stereocenters. The van der Waals surface area contributed by atoms with E-state index in [0.29, 0.717) is 0 Å². The lowest BCUT2D eigenvalue weighted by Crippen LogP contribution is -2.39. The van der Waals surface area contributed by atoms with Gasteiger partial charge in [0, 0.05) is 30.4 Å². The van der Waals surface area contributed by atoms with Crippen LogP contribution in [0.1, 0.15) is 62.2 Å². The molecule has 3 aromatic rings. The number of rotatable bonds is 4. The summed E-state index contributed by atoms with van der Waals surface area (Å²) in [6.45, 7) is 7.65. The van der Waals surface area contributed by atoms with E-state index in [1.165, 1.54) is 28.0 Å². The van der Waals surface area contributed by atoms with Crippen molar-refractivity contribution in [2.24, 2.45) is 0 Å². The Balaban J connectivity index is 1.53. The molecule has 1 atom stereocenters. The van der Waals surface area contributed by atoms with Crippen molar-refractivity contribution in [1.29, 1.82) is 0 Å². The van der Waals surface area contributed by atoms with E-state index in [4.69, 9.17) is 4.98 Å². The van der Waals surface area contributed by atoms with Gasteiger partial charge in [0.1, 0.15) is 4.88 Å². The highest BCUT2D eigenvalue weighted by atomic mass is 32.1. The second-order valence-electron chi connectivity index (χ2n) is 8.06. The number of pyridine rings is 1. The Bertz CT molecular complexity index is 1030. The number of aryl methyl sites for hydroxylation is 3. The molecule has 3 heterocycles. The van der Waals surface area contributed by atoms with Crippen molar-refractivity contribution in [3.05, 3.63) is 80.6 Å². The Morgan fingerprint density at radius 3 is 2.79 bits per heavy atom. The van der Waals surface area contributed by atoms with Crippen LogP contribution in [0.2, 0.25) is 0 Å². The van der Waals surface area contributed by atoms with Crippen molar-refractivity contribution < 1.29 is 4.79 Å². The van der Waals surface area contributed by atoms with E-state index < -0.39 is 0 Å². The first-order valence-electron chi connectivity index (χ1n) is 10.2. The van der Waals surface area contributed by atoms with Crippen LogP contribution in [-0.2, 0) is 6.42 Å². The lowest BCUT2D eigenvalue weighted by atomic mass is 9.92. The Kier molecular flexibility index (Phi) is 5.76. The first kappa shape index (κ1) is 19.8. The molecule has 1 amide bonds. The Hall–Kier alpha value is -2.53. The van der Waals surface area contributed by atoms with Crippen LogP contribution < -0.4 is 0 Å². The number of hydrogen-bond acceptors (Lipinski definition) is 4. The average molecular weight is 406 g/mol. The topological polar surface area (TPSA) is 46.1 Å². The number of benzene rings is 1. The third-order valence-corrected chi connectivity index (χ3v) is 6.51. The van der Waals surface area contributed by atoms with Gasteiger partial charge in [-0.25, -0.2) is 4.98 Å². The Labute approximate surface area is 176 Å². The van der Waals surface area contributed by atoms with Gasteiger partial charge in [-0.15, -0.1) is 11.3 Å². The molecule has 0 bridgehead atoms. The average Bonchev–Trinajstić information content (AvgIpc) is 3.13. The molecule has 4 rings (SSSR count). The van der Waals surface area contributed by atoms with Crippen LogP contribution in [0.15, 0.2) is 41.9 Å². The van der Waals surface area contributed by atoms with E-state index >= 15 is 0 Å². The summed E-state index contributed by atoms with van der Waals surface area (Å²) in [7, 11) is 0. The maximum Gasteiger partial charge on any atom is 0.265 e. The number of hydrogen-bond donors (Lipinski definition) is 0. The Morgan fingerprint density at radius 2 is 2.03 bits per heavy atom. The summed E-state index contributed by atoms with van der Waals surface area (Å²) < 4.78 is 0. The van der Waals surface area contributed by atoms with Gasteiger partial charge in [0.05, 0.1) is 11.2 Å². The minimum atomic E-state index is 0.113. The van der Waals surface area contributed by atoms with Gasteiger partial charge in [-0.05, 0) is 63.3 Å². The molecule has 1 saturated heterocycles. The molecule has 4 nitrogen and oxygen atoms in total. The Morgan fingerprint density at radius 1 is 1.17 bits per heavy atom. The summed E-state index contributed by atoms with van der Waals surface area (Å²) in [5.41, 5.74) is 8.65. The van der Waals surface area contributed by atoms with Crippen LogP contribution in [-0.4, -0.2) is 33.9 Å². The van der Waals surface area contributed by atoms with Gasteiger partial charge in [-0.3, -0.25) is 9.78 Å². The van der Waals surface area contributed by atoms with Crippen molar-refractivity contribution >= 4 is 17.2 Å². The van der Waals surface area contributed by atoms with Gasteiger partial charge in [0.25, 0.3) is 5.91 Å². The number of amides is 1. The number of thiazole rings is 1. The maximum absolute atomic E-state index is 12.9. The number of carbonyl (C=O) groups is 1. The molecular formula is C24H27N3OS. The van der Waals surface area contributed by atoms with Crippen molar-refractivity contribution in [2.45, 2.75) is 46.0 Å². The fraction of sp³-hybridized carbons (Fsp3) is 0.375. The van der Waals surface area contributed by atoms with E-state index in [1.54, 1.807) is 5.51 Å². The molecule has 1 fully saturated rings. The van der Waals surface area contributed by atoms with Crippen LogP contribution in [0.3, 0.4) is 0 Å². The van der Waals surface area contributed by atoms with E-state index in [2.05, 4.69) is 55.2 Å². The summed E-state index contributed by atoms with van der Waals surface area (Å²) in [5.74, 6) is 0.402. The molecule has 5 heteroatoms. The molecule has 0 saturated carbocycles. The zero-order valence-corrected chi connectivity index (χ0v) is 18.1. The van der Waals surface area contributed by atoms with Crippen molar-refractivity contribution in [3.8, 4) is 0 Å². The molecular weight excluding hydrogens is 378 g/mol. The minimum absolute atomic E-state index is 0.113. The van der Waals surface area contributed by atoms with Crippen LogP contribution in [0.4, 0.5) is 0 Å². The van der Waals surface area contributed by atoms with Gasteiger partial charge in [-0.2, -0.15) is 0 Å². The first-order valence-corrected chi connectivity index (χ1v) is 11.1. The maximum atomic E-state index is 12.9. The zero-order chi connectivity index (χ0) is 20.4. The van der Waals surface area contributed by atoms with Crippen LogP contribution in [0.5, 0.6) is 0 Å². The van der Waals surface area contributed by atoms with Crippen LogP contribution in [0.25, 0.3) is 0 Å². The largest absolute Gasteiger partial charge is 0.337 e. The van der Waals surface area contributed by atoms with Gasteiger partial charge in [0.15, 0.2) is 0 Å². The molecule has 29 heavy (non-hydrogen) atoms. The molecule has 150 valence electrons. The smallest absolute Gasteiger partial charge is 0.265 e. The summed E-state index contributed by atoms with van der Waals surface area (Å²) >= 11 is 1.44. The summed E-state index contributed by atoms with van der Waals surface area (Å²) in [5, 5.41) is 0. The first-order chi connectivity index (χ1) is 14.0. The monoisotopic (exact) mass is 405 g/mol. The fourth-order valence-electron chi connectivity index (χ4n) is 4.19. The predicted octanol–water partition coefficient (Wildman–Crippen LogP) is 5.07. The van der Waals surface area contributed by atoms with E-state index in [0.717, 1.165) is 54.3 Å². The normalized spacial score (nSPS) is 16.8. The van der Waals surface area contributed by atoms with Crippen molar-refractivity contribution in [1.82, 2.24) is 14.9 Å². The number of piperidine rings is 1. The number of aromatic nitrogens is 2. The highest BCUT2D eigenvalue weighted by molar-refractivity contribution is 7.11. The highest BCUT2D eigenvalue weighted by Gasteiger charge is 2.28. The highest BCUT2D eigenvalue weighted by Crippen LogP contribution is 2.29. The standard InChI is InChI=1S/C24H27N3OS/c1-16-6-4-7-19(10-16)12-20-11-17(2)26-22(13-20)21-8-5-9-27(14-21)24(28)23-18(3)25-15-29-23/h4,6-7,10-11,13,15,21H,5,8-9,12,14H2,1-3H3/t21-/m0/s1. The summed E-state index contributed by atoms with van der Waals surface area (Å²) in [6.07, 6.45) is 3.00. The SMILES string of the molecule is Cc1cccc(Cc2cc(C)nc([C@H]3CCCN(C(=O)c4scnc4C)C3)c2)c1. The number of likely N-dealkylation sites (tertiary alicyclic amines) is 1. The van der Waals surface area contributed by atoms with E-state index in [1.807, 2.05) is 11.8 Å². The fourth-order valence-corrected chi connectivity index (χ4v) is 4.96. The second-order valence-corrected chi connectivity index (χ2v) is 8.92.